The Kier molecular flexibility index (Phi) is 3.85. The van der Waals surface area contributed by atoms with Crippen molar-refractivity contribution in [2.24, 2.45) is 5.73 Å². The molecule has 7 heteroatoms. The second kappa shape index (κ2) is 5.79. The molecule has 0 aliphatic rings. The minimum Gasteiger partial charge on any atom is -0.323 e. The van der Waals surface area contributed by atoms with Crippen LogP contribution in [-0.4, -0.2) is 20.4 Å². The van der Waals surface area contributed by atoms with Crippen molar-refractivity contribution in [3.8, 4) is 0 Å². The van der Waals surface area contributed by atoms with Crippen molar-refractivity contribution in [1.29, 1.82) is 0 Å². The van der Waals surface area contributed by atoms with E-state index < -0.39 is 17.7 Å². The highest BCUT2D eigenvalue weighted by Crippen LogP contribution is 2.24. The molecule has 2 aromatic heterocycles. The zero-order valence-electron chi connectivity index (χ0n) is 10.9. The molecule has 0 aliphatic carbocycles. The van der Waals surface area contributed by atoms with Gasteiger partial charge in [0.2, 0.25) is 0 Å². The van der Waals surface area contributed by atoms with Crippen LogP contribution in [0.3, 0.4) is 0 Å². The van der Waals surface area contributed by atoms with Crippen LogP contribution >= 0.6 is 11.8 Å². The van der Waals surface area contributed by atoms with Crippen LogP contribution in [0.5, 0.6) is 0 Å². The molecule has 2 heterocycles. The molecule has 3 rings (SSSR count). The Hall–Kier alpha value is -1.99. The first kappa shape index (κ1) is 14.0. The van der Waals surface area contributed by atoms with E-state index in [9.17, 15) is 8.78 Å². The van der Waals surface area contributed by atoms with Crippen LogP contribution in [0.15, 0.2) is 47.8 Å². The van der Waals surface area contributed by atoms with Crippen molar-refractivity contribution in [1.82, 2.24) is 14.6 Å². The molecule has 0 saturated carbocycles. The summed E-state index contributed by atoms with van der Waals surface area (Å²) >= 11 is 1.35. The molecule has 0 amide bonds. The first-order chi connectivity index (χ1) is 10.1. The summed E-state index contributed by atoms with van der Waals surface area (Å²) in [7, 11) is 0. The maximum absolute atomic E-state index is 13.6. The molecular formula is C14H12F2N4S. The molecule has 0 spiro atoms. The van der Waals surface area contributed by atoms with Crippen LogP contribution in [0.25, 0.3) is 5.65 Å². The van der Waals surface area contributed by atoms with E-state index in [1.54, 1.807) is 0 Å². The highest BCUT2D eigenvalue weighted by atomic mass is 32.2. The van der Waals surface area contributed by atoms with Crippen LogP contribution in [0, 0.1) is 11.6 Å². The second-order valence-corrected chi connectivity index (χ2v) is 5.48. The van der Waals surface area contributed by atoms with Gasteiger partial charge in [-0.25, -0.2) is 8.78 Å². The summed E-state index contributed by atoms with van der Waals surface area (Å²) in [5.74, 6) is -0.633. The van der Waals surface area contributed by atoms with Crippen LogP contribution in [0.1, 0.15) is 11.6 Å². The summed E-state index contributed by atoms with van der Waals surface area (Å²) in [6.07, 6.45) is 1.84. The molecule has 108 valence electrons. The number of halogens is 2. The van der Waals surface area contributed by atoms with Crippen molar-refractivity contribution in [3.63, 3.8) is 0 Å². The molecule has 0 radical (unpaired) electrons. The maximum atomic E-state index is 13.6. The highest BCUT2D eigenvalue weighted by molar-refractivity contribution is 7.99. The molecule has 1 atom stereocenters. The van der Waals surface area contributed by atoms with E-state index in [0.29, 0.717) is 10.9 Å². The Labute approximate surface area is 124 Å². The second-order valence-electron chi connectivity index (χ2n) is 4.49. The molecular weight excluding hydrogens is 294 g/mol. The van der Waals surface area contributed by atoms with E-state index in [2.05, 4.69) is 10.2 Å². The van der Waals surface area contributed by atoms with Gasteiger partial charge in [0, 0.05) is 23.6 Å². The topological polar surface area (TPSA) is 56.2 Å². The van der Waals surface area contributed by atoms with Crippen molar-refractivity contribution < 1.29 is 8.78 Å². The summed E-state index contributed by atoms with van der Waals surface area (Å²) in [6.45, 7) is 0. The minimum absolute atomic E-state index is 0.163. The van der Waals surface area contributed by atoms with Gasteiger partial charge in [-0.1, -0.05) is 17.8 Å². The summed E-state index contributed by atoms with van der Waals surface area (Å²) < 4.78 is 28.6. The fourth-order valence-electron chi connectivity index (χ4n) is 1.97. The average molecular weight is 306 g/mol. The number of pyridine rings is 1. The molecule has 0 saturated heterocycles. The van der Waals surface area contributed by atoms with E-state index in [-0.39, 0.29) is 5.56 Å². The third-order valence-electron chi connectivity index (χ3n) is 3.03. The predicted octanol–water partition coefficient (Wildman–Crippen LogP) is 2.80. The number of nitrogens with zero attached hydrogens (tertiary/aromatic N) is 3. The zero-order valence-corrected chi connectivity index (χ0v) is 11.7. The third kappa shape index (κ3) is 2.88. The summed E-state index contributed by atoms with van der Waals surface area (Å²) in [4.78, 5) is 0. The van der Waals surface area contributed by atoms with Crippen molar-refractivity contribution >= 4 is 17.4 Å². The fraction of sp³-hybridized carbons (Fsp3) is 0.143. The van der Waals surface area contributed by atoms with Crippen LogP contribution in [-0.2, 0) is 0 Å². The Bertz CT molecular complexity index is 775. The first-order valence-electron chi connectivity index (χ1n) is 6.28. The lowest BCUT2D eigenvalue weighted by Gasteiger charge is -2.12. The number of hydrogen-bond donors (Lipinski definition) is 1. The van der Waals surface area contributed by atoms with Gasteiger partial charge in [0.1, 0.15) is 11.6 Å². The van der Waals surface area contributed by atoms with E-state index in [4.69, 9.17) is 5.73 Å². The Morgan fingerprint density at radius 1 is 1.19 bits per heavy atom. The average Bonchev–Trinajstić information content (AvgIpc) is 2.90. The number of fused-ring (bicyclic) bond motifs is 1. The molecule has 21 heavy (non-hydrogen) atoms. The van der Waals surface area contributed by atoms with Crippen molar-refractivity contribution in [2.75, 3.05) is 5.75 Å². The molecule has 1 unspecified atom stereocenters. The fourth-order valence-corrected chi connectivity index (χ4v) is 2.87. The first-order valence-corrected chi connectivity index (χ1v) is 7.27. The van der Waals surface area contributed by atoms with Crippen molar-refractivity contribution in [3.05, 3.63) is 59.8 Å². The molecule has 4 nitrogen and oxygen atoms in total. The van der Waals surface area contributed by atoms with Gasteiger partial charge in [-0.05, 0) is 30.3 Å². The van der Waals surface area contributed by atoms with Gasteiger partial charge in [0.25, 0.3) is 0 Å². The van der Waals surface area contributed by atoms with E-state index >= 15 is 0 Å². The summed E-state index contributed by atoms with van der Waals surface area (Å²) in [5.41, 5.74) is 6.83. The van der Waals surface area contributed by atoms with Gasteiger partial charge in [-0.2, -0.15) is 0 Å². The number of nitrogens with two attached hydrogens (primary N) is 1. The highest BCUT2D eigenvalue weighted by Gasteiger charge is 2.14. The normalized spacial score (nSPS) is 12.7. The Morgan fingerprint density at radius 3 is 2.90 bits per heavy atom. The lowest BCUT2D eigenvalue weighted by molar-refractivity contribution is 0.573. The number of thioether (sulfide) groups is 1. The van der Waals surface area contributed by atoms with Crippen LogP contribution in [0.4, 0.5) is 8.78 Å². The Morgan fingerprint density at radius 2 is 2.05 bits per heavy atom. The van der Waals surface area contributed by atoms with Crippen LogP contribution in [0.2, 0.25) is 0 Å². The molecule has 1 aromatic carbocycles. The standard InChI is InChI=1S/C14H12F2N4S/c15-9-4-5-11(16)10(7-9)12(17)8-21-14-19-18-13-3-1-2-6-20(13)14/h1-7,12H,8,17H2. The monoisotopic (exact) mass is 306 g/mol. The van der Waals surface area contributed by atoms with Gasteiger partial charge < -0.3 is 5.73 Å². The predicted molar refractivity (Wildman–Crippen MR) is 77.0 cm³/mol. The maximum Gasteiger partial charge on any atom is 0.195 e. The van der Waals surface area contributed by atoms with Gasteiger partial charge in [-0.15, -0.1) is 10.2 Å². The Balaban J connectivity index is 1.76. The molecule has 3 aromatic rings. The lowest BCUT2D eigenvalue weighted by atomic mass is 10.1. The van der Waals surface area contributed by atoms with Crippen LogP contribution < -0.4 is 5.73 Å². The minimum atomic E-state index is -0.623. The largest absolute Gasteiger partial charge is 0.323 e. The zero-order chi connectivity index (χ0) is 14.8. The van der Waals surface area contributed by atoms with Gasteiger partial charge >= 0.3 is 0 Å². The summed E-state index contributed by atoms with van der Waals surface area (Å²) in [5, 5.41) is 8.74. The summed E-state index contributed by atoms with van der Waals surface area (Å²) in [6, 6.07) is 8.23. The van der Waals surface area contributed by atoms with Gasteiger partial charge in [-0.3, -0.25) is 4.40 Å². The number of aromatic nitrogens is 3. The lowest BCUT2D eigenvalue weighted by Crippen LogP contribution is -2.15. The SMILES string of the molecule is NC(CSc1nnc2ccccn12)c1cc(F)ccc1F. The molecule has 0 fully saturated rings. The molecule has 0 bridgehead atoms. The smallest absolute Gasteiger partial charge is 0.195 e. The van der Waals surface area contributed by atoms with E-state index in [0.717, 1.165) is 23.8 Å². The number of rotatable bonds is 4. The molecule has 2 N–H and O–H groups in total. The molecule has 0 aliphatic heterocycles. The van der Waals surface area contributed by atoms with Gasteiger partial charge in [0.05, 0.1) is 0 Å². The number of benzene rings is 1. The third-order valence-corrected chi connectivity index (χ3v) is 4.09. The van der Waals surface area contributed by atoms with E-state index in [1.807, 2.05) is 28.8 Å². The number of hydrogen-bond acceptors (Lipinski definition) is 4. The van der Waals surface area contributed by atoms with E-state index in [1.165, 1.54) is 11.8 Å². The van der Waals surface area contributed by atoms with Crippen molar-refractivity contribution in [2.45, 2.75) is 11.2 Å². The quantitative estimate of drug-likeness (QED) is 0.753. The van der Waals surface area contributed by atoms with Gasteiger partial charge in [0.15, 0.2) is 10.8 Å².